The van der Waals surface area contributed by atoms with Gasteiger partial charge in [0.2, 0.25) is 0 Å². The molecule has 0 saturated heterocycles. The van der Waals surface area contributed by atoms with Crippen LogP contribution in [0.25, 0.3) is 11.1 Å². The fourth-order valence-electron chi connectivity index (χ4n) is 3.95. The molecule has 0 bridgehead atoms. The molecule has 1 aliphatic rings. The van der Waals surface area contributed by atoms with E-state index in [4.69, 9.17) is 0 Å². The van der Waals surface area contributed by atoms with Gasteiger partial charge in [0.25, 0.3) is 0 Å². The molecule has 2 aromatic carbocycles. The van der Waals surface area contributed by atoms with Crippen molar-refractivity contribution in [3.63, 3.8) is 0 Å². The lowest BCUT2D eigenvalue weighted by atomic mass is 9.75. The molecule has 0 amide bonds. The van der Waals surface area contributed by atoms with E-state index in [9.17, 15) is 4.39 Å². The minimum Gasteiger partial charge on any atom is -0.206 e. The normalized spacial score (nSPS) is 20.3. The van der Waals surface area contributed by atoms with Crippen molar-refractivity contribution in [3.05, 3.63) is 59.4 Å². The van der Waals surface area contributed by atoms with E-state index >= 15 is 0 Å². The van der Waals surface area contributed by atoms with Crippen LogP contribution in [0.3, 0.4) is 0 Å². The lowest BCUT2D eigenvalue weighted by Crippen LogP contribution is -2.16. The second-order valence-electron chi connectivity index (χ2n) is 7.19. The summed E-state index contributed by atoms with van der Waals surface area (Å²) in [7, 11) is 0. The Balaban J connectivity index is 2.17. The van der Waals surface area contributed by atoms with Gasteiger partial charge in [0, 0.05) is 5.56 Å². The van der Waals surface area contributed by atoms with Crippen LogP contribution in [0.1, 0.15) is 57.1 Å². The van der Waals surface area contributed by atoms with Gasteiger partial charge in [0.1, 0.15) is 5.82 Å². The van der Waals surface area contributed by atoms with E-state index in [2.05, 4.69) is 39.0 Å². The minimum atomic E-state index is -0.121. The summed E-state index contributed by atoms with van der Waals surface area (Å²) in [4.78, 5) is 0. The van der Waals surface area contributed by atoms with Crippen LogP contribution in [-0.2, 0) is 6.42 Å². The van der Waals surface area contributed by atoms with Gasteiger partial charge in [-0.3, -0.25) is 0 Å². The van der Waals surface area contributed by atoms with Crippen molar-refractivity contribution >= 4 is 0 Å². The smallest absolute Gasteiger partial charge is 0.131 e. The molecule has 0 nitrogen and oxygen atoms in total. The maximum Gasteiger partial charge on any atom is 0.131 e. The van der Waals surface area contributed by atoms with Crippen molar-refractivity contribution in [3.8, 4) is 11.1 Å². The van der Waals surface area contributed by atoms with Crippen LogP contribution in [0, 0.1) is 11.2 Å². The van der Waals surface area contributed by atoms with Gasteiger partial charge >= 0.3 is 0 Å². The Morgan fingerprint density at radius 2 is 1.86 bits per heavy atom. The van der Waals surface area contributed by atoms with Crippen LogP contribution in [-0.4, -0.2) is 0 Å². The Kier molecular flexibility index (Phi) is 4.08. The van der Waals surface area contributed by atoms with E-state index in [1.165, 1.54) is 30.4 Å². The van der Waals surface area contributed by atoms with Crippen molar-refractivity contribution in [1.82, 2.24) is 0 Å². The highest BCUT2D eigenvalue weighted by molar-refractivity contribution is 5.69. The topological polar surface area (TPSA) is 0 Å². The van der Waals surface area contributed by atoms with Crippen molar-refractivity contribution in [2.75, 3.05) is 0 Å². The molecule has 1 aliphatic carbocycles. The largest absolute Gasteiger partial charge is 0.206 e. The van der Waals surface area contributed by atoms with E-state index in [0.29, 0.717) is 11.3 Å². The minimum absolute atomic E-state index is 0.121. The molecule has 0 unspecified atom stereocenters. The fourth-order valence-corrected chi connectivity index (χ4v) is 3.95. The molecule has 2 aromatic rings. The summed E-state index contributed by atoms with van der Waals surface area (Å²) >= 11 is 0. The van der Waals surface area contributed by atoms with E-state index < -0.39 is 0 Å². The summed E-state index contributed by atoms with van der Waals surface area (Å²) in [6, 6.07) is 13.7. The number of halogens is 1. The van der Waals surface area contributed by atoms with Gasteiger partial charge in [-0.15, -0.1) is 0 Å². The van der Waals surface area contributed by atoms with Crippen LogP contribution in [0.2, 0.25) is 0 Å². The molecule has 0 N–H and O–H groups in total. The zero-order valence-corrected chi connectivity index (χ0v) is 13.8. The molecule has 22 heavy (non-hydrogen) atoms. The van der Waals surface area contributed by atoms with Gasteiger partial charge in [-0.1, -0.05) is 63.6 Å². The zero-order chi connectivity index (χ0) is 15.7. The highest BCUT2D eigenvalue weighted by Crippen LogP contribution is 2.51. The highest BCUT2D eigenvalue weighted by Gasteiger charge is 2.36. The molecule has 1 saturated carbocycles. The van der Waals surface area contributed by atoms with E-state index in [1.54, 1.807) is 12.1 Å². The third-order valence-corrected chi connectivity index (χ3v) is 5.32. The third-order valence-electron chi connectivity index (χ3n) is 5.32. The first kappa shape index (κ1) is 15.3. The summed E-state index contributed by atoms with van der Waals surface area (Å²) in [5, 5.41) is 0. The molecular formula is C21H25F. The maximum absolute atomic E-state index is 14.3. The van der Waals surface area contributed by atoms with Crippen molar-refractivity contribution < 1.29 is 4.39 Å². The summed E-state index contributed by atoms with van der Waals surface area (Å²) in [6.45, 7) is 6.89. The number of hydrogen-bond donors (Lipinski definition) is 0. The molecule has 0 radical (unpaired) electrons. The molecule has 0 heterocycles. The van der Waals surface area contributed by atoms with Crippen LogP contribution in [0.15, 0.2) is 42.5 Å². The molecule has 0 spiro atoms. The first-order valence-electron chi connectivity index (χ1n) is 8.40. The quantitative estimate of drug-likeness (QED) is 0.619. The van der Waals surface area contributed by atoms with Crippen molar-refractivity contribution in [2.45, 2.75) is 52.4 Å². The molecule has 3 rings (SSSR count). The number of aryl methyl sites for hydroxylation is 1. The van der Waals surface area contributed by atoms with Crippen LogP contribution in [0.5, 0.6) is 0 Å². The van der Waals surface area contributed by atoms with E-state index in [-0.39, 0.29) is 5.82 Å². The molecule has 1 fully saturated rings. The second kappa shape index (κ2) is 5.87. The molecule has 0 aliphatic heterocycles. The standard InChI is InChI=1S/C21H25F/c1-4-15-11-12-16(17-8-5-6-10-20(17)22)18(14-15)19-9-7-13-21(19,2)3/h5-6,8,10-12,14,19H,4,7,9,13H2,1-3H3/t19-/m1/s1. The van der Waals surface area contributed by atoms with Gasteiger partial charge in [-0.05, 0) is 53.4 Å². The SMILES string of the molecule is CCc1ccc(-c2ccccc2F)c([C@H]2CCCC2(C)C)c1. The molecule has 1 heteroatoms. The van der Waals surface area contributed by atoms with E-state index in [0.717, 1.165) is 17.5 Å². The first-order chi connectivity index (χ1) is 10.5. The first-order valence-corrected chi connectivity index (χ1v) is 8.40. The average molecular weight is 296 g/mol. The second-order valence-corrected chi connectivity index (χ2v) is 7.19. The highest BCUT2D eigenvalue weighted by atomic mass is 19.1. The lowest BCUT2D eigenvalue weighted by molar-refractivity contribution is 0.332. The monoisotopic (exact) mass is 296 g/mol. The van der Waals surface area contributed by atoms with Crippen molar-refractivity contribution in [1.29, 1.82) is 0 Å². The average Bonchev–Trinajstić information content (AvgIpc) is 2.86. The molecular weight excluding hydrogens is 271 g/mol. The van der Waals surface area contributed by atoms with Crippen molar-refractivity contribution in [2.24, 2.45) is 5.41 Å². The Morgan fingerprint density at radius 3 is 2.50 bits per heavy atom. The van der Waals surface area contributed by atoms with Gasteiger partial charge in [0.05, 0.1) is 0 Å². The van der Waals surface area contributed by atoms with Gasteiger partial charge in [-0.2, -0.15) is 0 Å². The maximum atomic E-state index is 14.3. The van der Waals surface area contributed by atoms with Crippen LogP contribution < -0.4 is 0 Å². The number of rotatable bonds is 3. The van der Waals surface area contributed by atoms with Gasteiger partial charge in [0.15, 0.2) is 0 Å². The summed E-state index contributed by atoms with van der Waals surface area (Å²) < 4.78 is 14.3. The Morgan fingerprint density at radius 1 is 1.09 bits per heavy atom. The fraction of sp³-hybridized carbons (Fsp3) is 0.429. The molecule has 116 valence electrons. The number of benzene rings is 2. The molecule has 1 atom stereocenters. The van der Waals surface area contributed by atoms with E-state index in [1.807, 2.05) is 12.1 Å². The summed E-state index contributed by atoms with van der Waals surface area (Å²) in [5.41, 5.74) is 4.80. The Hall–Kier alpha value is -1.63. The summed E-state index contributed by atoms with van der Waals surface area (Å²) in [5.74, 6) is 0.400. The predicted octanol–water partition coefficient (Wildman–Crippen LogP) is 6.35. The van der Waals surface area contributed by atoms with Crippen LogP contribution in [0.4, 0.5) is 4.39 Å². The van der Waals surface area contributed by atoms with Gasteiger partial charge < -0.3 is 0 Å². The zero-order valence-electron chi connectivity index (χ0n) is 13.8. The molecule has 0 aromatic heterocycles. The van der Waals surface area contributed by atoms with Gasteiger partial charge in [-0.25, -0.2) is 4.39 Å². The summed E-state index contributed by atoms with van der Waals surface area (Å²) in [6.07, 6.45) is 4.76. The predicted molar refractivity (Wildman–Crippen MR) is 91.6 cm³/mol. The third kappa shape index (κ3) is 2.69. The number of hydrogen-bond acceptors (Lipinski definition) is 0. The Bertz CT molecular complexity index is 669. The Labute approximate surface area is 133 Å². The van der Waals surface area contributed by atoms with Crippen LogP contribution >= 0.6 is 0 Å². The lowest BCUT2D eigenvalue weighted by Gasteiger charge is -2.29.